The van der Waals surface area contributed by atoms with Crippen LogP contribution in [0.3, 0.4) is 0 Å². The van der Waals surface area contributed by atoms with Crippen LogP contribution in [0.2, 0.25) is 5.15 Å². The molecule has 1 aromatic heterocycles. The van der Waals surface area contributed by atoms with Gasteiger partial charge in [-0.3, -0.25) is 4.79 Å². The van der Waals surface area contributed by atoms with Crippen LogP contribution < -0.4 is 5.32 Å². The van der Waals surface area contributed by atoms with Crippen LogP contribution in [-0.4, -0.2) is 39.9 Å². The fourth-order valence-corrected chi connectivity index (χ4v) is 4.34. The second-order valence-electron chi connectivity index (χ2n) is 3.77. The van der Waals surface area contributed by atoms with Crippen LogP contribution in [0, 0.1) is 5.82 Å². The van der Waals surface area contributed by atoms with Gasteiger partial charge in [0.2, 0.25) is 0 Å². The van der Waals surface area contributed by atoms with Crippen molar-refractivity contribution < 1.29 is 9.18 Å². The topological polar surface area (TPSA) is 42.0 Å². The van der Waals surface area contributed by atoms with E-state index >= 15 is 0 Å². The van der Waals surface area contributed by atoms with E-state index in [0.717, 1.165) is 29.5 Å². The summed E-state index contributed by atoms with van der Waals surface area (Å²) < 4.78 is 13.0. The van der Waals surface area contributed by atoms with Crippen LogP contribution in [-0.2, 0) is 0 Å². The predicted octanol–water partition coefficient (Wildman–Crippen LogP) is 2.45. The second kappa shape index (κ2) is 6.63. The summed E-state index contributed by atoms with van der Waals surface area (Å²) in [5.74, 6) is 2.36. The molecule has 0 aliphatic carbocycles. The molecule has 3 nitrogen and oxygen atoms in total. The number of halogens is 2. The van der Waals surface area contributed by atoms with Crippen LogP contribution in [0.5, 0.6) is 0 Å². The Kier molecular flexibility index (Phi) is 5.14. The normalized spacial score (nSPS) is 19.6. The Labute approximate surface area is 118 Å². The van der Waals surface area contributed by atoms with Gasteiger partial charge in [0.1, 0.15) is 11.0 Å². The van der Waals surface area contributed by atoms with Crippen LogP contribution >= 0.6 is 35.1 Å². The molecular weight excluding hydrogens is 295 g/mol. The average Bonchev–Trinajstić information content (AvgIpc) is 2.40. The fraction of sp³-hybridized carbons (Fsp3) is 0.455. The van der Waals surface area contributed by atoms with Gasteiger partial charge in [-0.1, -0.05) is 11.6 Å². The average molecular weight is 307 g/mol. The number of rotatable bonds is 3. The van der Waals surface area contributed by atoms with E-state index in [4.69, 9.17) is 11.6 Å². The van der Waals surface area contributed by atoms with Crippen molar-refractivity contribution in [3.05, 3.63) is 28.8 Å². The molecule has 1 fully saturated rings. The summed E-state index contributed by atoms with van der Waals surface area (Å²) in [7, 11) is 0. The maximum Gasteiger partial charge on any atom is 0.254 e. The maximum atomic E-state index is 13.0. The summed E-state index contributed by atoms with van der Waals surface area (Å²) in [5.41, 5.74) is 0.0881. The zero-order chi connectivity index (χ0) is 13.0. The molecule has 0 spiro atoms. The van der Waals surface area contributed by atoms with Crippen molar-refractivity contribution >= 4 is 41.0 Å². The van der Waals surface area contributed by atoms with Gasteiger partial charge in [0.25, 0.3) is 5.91 Å². The second-order valence-corrected chi connectivity index (χ2v) is 6.69. The quantitative estimate of drug-likeness (QED) is 0.871. The number of amides is 1. The maximum absolute atomic E-state index is 13.0. The van der Waals surface area contributed by atoms with Gasteiger partial charge in [0, 0.05) is 29.1 Å². The van der Waals surface area contributed by atoms with E-state index in [1.165, 1.54) is 0 Å². The van der Waals surface area contributed by atoms with Crippen LogP contribution in [0.1, 0.15) is 10.4 Å². The van der Waals surface area contributed by atoms with Crippen LogP contribution in [0.25, 0.3) is 0 Å². The third-order valence-electron chi connectivity index (χ3n) is 2.43. The molecule has 1 amide bonds. The molecule has 0 bridgehead atoms. The van der Waals surface area contributed by atoms with Gasteiger partial charge in [-0.15, -0.1) is 0 Å². The van der Waals surface area contributed by atoms with Crippen molar-refractivity contribution in [3.8, 4) is 0 Å². The summed E-state index contributed by atoms with van der Waals surface area (Å²) in [6, 6.07) is 1.10. The zero-order valence-electron chi connectivity index (χ0n) is 9.49. The number of hydrogen-bond donors (Lipinski definition) is 1. The number of carbonyl (C=O) groups excluding carboxylic acids is 1. The van der Waals surface area contributed by atoms with Crippen molar-refractivity contribution in [2.45, 2.75) is 5.25 Å². The lowest BCUT2D eigenvalue weighted by Crippen LogP contribution is -2.33. The van der Waals surface area contributed by atoms with E-state index in [-0.39, 0.29) is 16.6 Å². The number of nitrogens with one attached hydrogen (secondary N) is 1. The molecule has 0 radical (unpaired) electrons. The Morgan fingerprint density at radius 1 is 1.61 bits per heavy atom. The van der Waals surface area contributed by atoms with Gasteiger partial charge < -0.3 is 5.32 Å². The Balaban J connectivity index is 1.92. The van der Waals surface area contributed by atoms with Gasteiger partial charge >= 0.3 is 0 Å². The van der Waals surface area contributed by atoms with E-state index in [1.807, 2.05) is 23.5 Å². The largest absolute Gasteiger partial charge is 0.351 e. The summed E-state index contributed by atoms with van der Waals surface area (Å²) in [5, 5.41) is 3.21. The van der Waals surface area contributed by atoms with Gasteiger partial charge in [0.05, 0.1) is 11.8 Å². The first kappa shape index (κ1) is 14.0. The lowest BCUT2D eigenvalue weighted by molar-refractivity contribution is 0.0953. The van der Waals surface area contributed by atoms with Crippen LogP contribution in [0.15, 0.2) is 12.3 Å². The van der Waals surface area contributed by atoms with Crippen LogP contribution in [0.4, 0.5) is 4.39 Å². The van der Waals surface area contributed by atoms with Crippen molar-refractivity contribution in [1.82, 2.24) is 10.3 Å². The first-order valence-corrected chi connectivity index (χ1v) is 8.03. The smallest absolute Gasteiger partial charge is 0.254 e. The van der Waals surface area contributed by atoms with E-state index in [2.05, 4.69) is 10.3 Å². The lowest BCUT2D eigenvalue weighted by atomic mass is 10.2. The van der Waals surface area contributed by atoms with Crippen molar-refractivity contribution in [2.24, 2.45) is 0 Å². The van der Waals surface area contributed by atoms with Crippen molar-refractivity contribution in [2.75, 3.05) is 23.8 Å². The monoisotopic (exact) mass is 306 g/mol. The summed E-state index contributed by atoms with van der Waals surface area (Å²) in [6.45, 7) is 0.573. The van der Waals surface area contributed by atoms with Gasteiger partial charge in [-0.2, -0.15) is 23.5 Å². The first-order chi connectivity index (χ1) is 8.66. The molecule has 1 aliphatic rings. The molecule has 1 aromatic rings. The molecular formula is C11H12ClFN2OS2. The Morgan fingerprint density at radius 2 is 2.44 bits per heavy atom. The molecule has 2 heterocycles. The van der Waals surface area contributed by atoms with Crippen molar-refractivity contribution in [3.63, 3.8) is 0 Å². The number of carbonyl (C=O) groups is 1. The lowest BCUT2D eigenvalue weighted by Gasteiger charge is -2.21. The molecule has 1 saturated heterocycles. The number of hydrogen-bond acceptors (Lipinski definition) is 4. The summed E-state index contributed by atoms with van der Waals surface area (Å²) in [4.78, 5) is 15.5. The third kappa shape index (κ3) is 3.76. The van der Waals surface area contributed by atoms with E-state index in [9.17, 15) is 9.18 Å². The highest BCUT2D eigenvalue weighted by molar-refractivity contribution is 8.06. The summed E-state index contributed by atoms with van der Waals surface area (Å²) in [6.07, 6.45) is 0.993. The first-order valence-electron chi connectivity index (χ1n) is 5.45. The Morgan fingerprint density at radius 3 is 3.17 bits per heavy atom. The molecule has 0 aromatic carbocycles. The Hall–Kier alpha value is -0.460. The molecule has 98 valence electrons. The Bertz CT molecular complexity index is 441. The minimum atomic E-state index is -0.563. The number of nitrogens with zero attached hydrogens (tertiary/aromatic N) is 1. The summed E-state index contributed by atoms with van der Waals surface area (Å²) >= 11 is 9.50. The molecule has 7 heteroatoms. The number of thioether (sulfide) groups is 2. The van der Waals surface area contributed by atoms with Gasteiger partial charge in [-0.25, -0.2) is 9.37 Å². The molecule has 0 saturated carbocycles. The molecule has 1 N–H and O–H groups in total. The van der Waals surface area contributed by atoms with E-state index in [1.54, 1.807) is 0 Å². The van der Waals surface area contributed by atoms with E-state index < -0.39 is 5.82 Å². The van der Waals surface area contributed by atoms with Gasteiger partial charge in [0.15, 0.2) is 0 Å². The predicted molar refractivity (Wildman–Crippen MR) is 75.1 cm³/mol. The SMILES string of the molecule is O=C(NCC1CSCCS1)c1cc(F)cnc1Cl. The van der Waals surface area contributed by atoms with E-state index in [0.29, 0.717) is 11.8 Å². The molecule has 1 aliphatic heterocycles. The molecule has 2 rings (SSSR count). The van der Waals surface area contributed by atoms with Gasteiger partial charge in [-0.05, 0) is 6.07 Å². The number of pyridine rings is 1. The highest BCUT2D eigenvalue weighted by atomic mass is 35.5. The minimum Gasteiger partial charge on any atom is -0.351 e. The van der Waals surface area contributed by atoms with Crippen molar-refractivity contribution in [1.29, 1.82) is 0 Å². The molecule has 18 heavy (non-hydrogen) atoms. The molecule has 1 unspecified atom stereocenters. The fourth-order valence-electron chi connectivity index (χ4n) is 1.54. The third-order valence-corrected chi connectivity index (χ3v) is 5.57. The zero-order valence-corrected chi connectivity index (χ0v) is 11.9. The highest BCUT2D eigenvalue weighted by Gasteiger charge is 2.17. The molecule has 1 atom stereocenters. The highest BCUT2D eigenvalue weighted by Crippen LogP contribution is 2.23. The standard InChI is InChI=1S/C11H12ClFN2OS2/c12-10-9(3-7(13)4-14-10)11(16)15-5-8-6-17-1-2-18-8/h3-4,8H,1-2,5-6H2,(H,15,16). The minimum absolute atomic E-state index is 0.0274. The number of aromatic nitrogens is 1.